The molecule has 0 spiro atoms. The van der Waals surface area contributed by atoms with Gasteiger partial charge in [-0.2, -0.15) is 0 Å². The van der Waals surface area contributed by atoms with Crippen LogP contribution in [0.1, 0.15) is 26.7 Å². The molecule has 0 heterocycles. The fraction of sp³-hybridized carbons (Fsp3) is 1.00. The van der Waals surface area contributed by atoms with E-state index in [9.17, 15) is 0 Å². The predicted octanol–water partition coefficient (Wildman–Crippen LogP) is 1.04. The lowest BCUT2D eigenvalue weighted by molar-refractivity contribution is 0.0692. The first-order valence-corrected chi connectivity index (χ1v) is 6.00. The van der Waals surface area contributed by atoms with E-state index in [0.717, 1.165) is 32.5 Å². The van der Waals surface area contributed by atoms with Crippen LogP contribution in [-0.2, 0) is 9.47 Å². The molecule has 2 N–H and O–H groups in total. The molecule has 0 bridgehead atoms. The number of rotatable bonds is 11. The van der Waals surface area contributed by atoms with Crippen LogP contribution in [0.25, 0.3) is 0 Å². The molecule has 0 unspecified atom stereocenters. The molecule has 0 rings (SSSR count). The fourth-order valence-corrected chi connectivity index (χ4v) is 1.36. The Bertz CT molecular complexity index is 151. The molecule has 0 saturated carbocycles. The van der Waals surface area contributed by atoms with Crippen molar-refractivity contribution in [2.24, 2.45) is 5.41 Å². The summed E-state index contributed by atoms with van der Waals surface area (Å²) in [7, 11) is 1.67. The molecule has 0 aromatic heterocycles. The molecule has 0 saturated heterocycles. The summed E-state index contributed by atoms with van der Waals surface area (Å²) in [4.78, 5) is 0. The molecule has 0 aliphatic rings. The predicted molar refractivity (Wildman–Crippen MR) is 65.7 cm³/mol. The first-order valence-electron chi connectivity index (χ1n) is 6.00. The highest BCUT2D eigenvalue weighted by molar-refractivity contribution is 4.70. The van der Waals surface area contributed by atoms with Gasteiger partial charge in [0.1, 0.15) is 0 Å². The lowest BCUT2D eigenvalue weighted by Crippen LogP contribution is -2.31. The number of hydrogen-bond acceptors (Lipinski definition) is 4. The quantitative estimate of drug-likeness (QED) is 0.524. The summed E-state index contributed by atoms with van der Waals surface area (Å²) >= 11 is 0. The van der Waals surface area contributed by atoms with Gasteiger partial charge >= 0.3 is 0 Å². The normalized spacial score (nSPS) is 12.0. The molecule has 4 heteroatoms. The third-order valence-electron chi connectivity index (χ3n) is 2.47. The van der Waals surface area contributed by atoms with E-state index >= 15 is 0 Å². The van der Waals surface area contributed by atoms with Crippen LogP contribution in [0.4, 0.5) is 0 Å². The van der Waals surface area contributed by atoms with Crippen molar-refractivity contribution in [2.45, 2.75) is 26.7 Å². The average Bonchev–Trinajstić information content (AvgIpc) is 2.22. The minimum atomic E-state index is 0.172. The third-order valence-corrected chi connectivity index (χ3v) is 2.47. The standard InChI is InChI=1S/C12H27NO3/c1-12(2,5-7-14)11-13-6-4-8-16-10-9-15-3/h13-14H,4-11H2,1-3H3. The highest BCUT2D eigenvalue weighted by atomic mass is 16.5. The topological polar surface area (TPSA) is 50.7 Å². The minimum Gasteiger partial charge on any atom is -0.396 e. The monoisotopic (exact) mass is 233 g/mol. The summed E-state index contributed by atoms with van der Waals surface area (Å²) in [6.45, 7) is 8.58. The second kappa shape index (κ2) is 10.0. The van der Waals surface area contributed by atoms with Gasteiger partial charge in [-0.1, -0.05) is 13.8 Å². The zero-order valence-electron chi connectivity index (χ0n) is 10.9. The van der Waals surface area contributed by atoms with Crippen molar-refractivity contribution in [2.75, 3.05) is 46.6 Å². The van der Waals surface area contributed by atoms with E-state index in [2.05, 4.69) is 19.2 Å². The number of methoxy groups -OCH3 is 1. The van der Waals surface area contributed by atoms with Gasteiger partial charge in [0.05, 0.1) is 13.2 Å². The molecule has 0 fully saturated rings. The molecular weight excluding hydrogens is 206 g/mol. The Balaban J connectivity index is 3.20. The summed E-state index contributed by atoms with van der Waals surface area (Å²) < 4.78 is 10.2. The van der Waals surface area contributed by atoms with E-state index in [1.165, 1.54) is 0 Å². The van der Waals surface area contributed by atoms with Crippen molar-refractivity contribution in [3.63, 3.8) is 0 Å². The van der Waals surface area contributed by atoms with Crippen molar-refractivity contribution in [3.8, 4) is 0 Å². The molecular formula is C12H27NO3. The van der Waals surface area contributed by atoms with Crippen LogP contribution >= 0.6 is 0 Å². The average molecular weight is 233 g/mol. The maximum atomic E-state index is 8.87. The van der Waals surface area contributed by atoms with Crippen LogP contribution in [0, 0.1) is 5.41 Å². The second-order valence-electron chi connectivity index (χ2n) is 4.77. The molecule has 16 heavy (non-hydrogen) atoms. The number of ether oxygens (including phenoxy) is 2. The van der Waals surface area contributed by atoms with Crippen LogP contribution in [0.3, 0.4) is 0 Å². The van der Waals surface area contributed by atoms with Crippen LogP contribution in [-0.4, -0.2) is 51.7 Å². The smallest absolute Gasteiger partial charge is 0.0700 e. The van der Waals surface area contributed by atoms with E-state index in [1.807, 2.05) is 0 Å². The molecule has 0 aromatic carbocycles. The van der Waals surface area contributed by atoms with E-state index in [4.69, 9.17) is 14.6 Å². The molecule has 0 radical (unpaired) electrons. The number of hydrogen-bond donors (Lipinski definition) is 2. The maximum absolute atomic E-state index is 8.87. The largest absolute Gasteiger partial charge is 0.396 e. The van der Waals surface area contributed by atoms with Crippen LogP contribution in [0.5, 0.6) is 0 Å². The highest BCUT2D eigenvalue weighted by Gasteiger charge is 2.15. The van der Waals surface area contributed by atoms with E-state index in [-0.39, 0.29) is 12.0 Å². The first kappa shape index (κ1) is 15.8. The SMILES string of the molecule is COCCOCCCNCC(C)(C)CCO. The van der Waals surface area contributed by atoms with Gasteiger partial charge in [-0.15, -0.1) is 0 Å². The summed E-state index contributed by atoms with van der Waals surface area (Å²) in [6.07, 6.45) is 1.85. The third kappa shape index (κ3) is 10.4. The van der Waals surface area contributed by atoms with Gasteiger partial charge in [0.15, 0.2) is 0 Å². The van der Waals surface area contributed by atoms with Crippen LogP contribution in [0.2, 0.25) is 0 Å². The van der Waals surface area contributed by atoms with Gasteiger partial charge in [0.25, 0.3) is 0 Å². The van der Waals surface area contributed by atoms with Gasteiger partial charge in [-0.25, -0.2) is 0 Å². The Morgan fingerprint density at radius 1 is 1.19 bits per heavy atom. The molecule has 98 valence electrons. The molecule has 0 aromatic rings. The molecule has 4 nitrogen and oxygen atoms in total. The number of aliphatic hydroxyl groups excluding tert-OH is 1. The molecule has 0 aliphatic carbocycles. The van der Waals surface area contributed by atoms with Gasteiger partial charge in [0.2, 0.25) is 0 Å². The van der Waals surface area contributed by atoms with Crippen LogP contribution < -0.4 is 5.32 Å². The highest BCUT2D eigenvalue weighted by Crippen LogP contribution is 2.17. The number of aliphatic hydroxyl groups is 1. The lowest BCUT2D eigenvalue weighted by Gasteiger charge is -2.23. The van der Waals surface area contributed by atoms with Crippen molar-refractivity contribution < 1.29 is 14.6 Å². The van der Waals surface area contributed by atoms with Gasteiger partial charge in [0, 0.05) is 26.9 Å². The van der Waals surface area contributed by atoms with Crippen molar-refractivity contribution in [1.29, 1.82) is 0 Å². The minimum absolute atomic E-state index is 0.172. The maximum Gasteiger partial charge on any atom is 0.0700 e. The molecule has 0 atom stereocenters. The molecule has 0 aliphatic heterocycles. The van der Waals surface area contributed by atoms with Crippen molar-refractivity contribution in [1.82, 2.24) is 5.32 Å². The summed E-state index contributed by atoms with van der Waals surface area (Å²) in [6, 6.07) is 0. The van der Waals surface area contributed by atoms with E-state index < -0.39 is 0 Å². The van der Waals surface area contributed by atoms with Crippen molar-refractivity contribution in [3.05, 3.63) is 0 Å². The second-order valence-corrected chi connectivity index (χ2v) is 4.77. The molecule has 0 amide bonds. The van der Waals surface area contributed by atoms with Crippen LogP contribution in [0.15, 0.2) is 0 Å². The Kier molecular flexibility index (Phi) is 9.92. The summed E-state index contributed by atoms with van der Waals surface area (Å²) in [5, 5.41) is 12.2. The lowest BCUT2D eigenvalue weighted by atomic mass is 9.90. The fourth-order valence-electron chi connectivity index (χ4n) is 1.36. The Morgan fingerprint density at radius 2 is 1.94 bits per heavy atom. The zero-order valence-corrected chi connectivity index (χ0v) is 10.9. The Hall–Kier alpha value is -0.160. The van der Waals surface area contributed by atoms with Crippen molar-refractivity contribution >= 4 is 0 Å². The summed E-state index contributed by atoms with van der Waals surface area (Å²) in [5.41, 5.74) is 0.172. The number of nitrogens with one attached hydrogen (secondary N) is 1. The Labute approximate surface area is 99.3 Å². The van der Waals surface area contributed by atoms with E-state index in [0.29, 0.717) is 13.2 Å². The first-order chi connectivity index (χ1) is 7.62. The van der Waals surface area contributed by atoms with Gasteiger partial charge < -0.3 is 19.9 Å². The van der Waals surface area contributed by atoms with Gasteiger partial charge in [-0.3, -0.25) is 0 Å². The zero-order chi connectivity index (χ0) is 12.3. The summed E-state index contributed by atoms with van der Waals surface area (Å²) in [5.74, 6) is 0. The van der Waals surface area contributed by atoms with E-state index in [1.54, 1.807) is 7.11 Å². The van der Waals surface area contributed by atoms with Gasteiger partial charge in [-0.05, 0) is 24.8 Å². The Morgan fingerprint density at radius 3 is 2.56 bits per heavy atom.